The van der Waals surface area contributed by atoms with E-state index in [0.717, 1.165) is 4.90 Å². The minimum absolute atomic E-state index is 0.260. The van der Waals surface area contributed by atoms with Crippen LogP contribution in [0.3, 0.4) is 0 Å². The van der Waals surface area contributed by atoms with Gasteiger partial charge in [0, 0.05) is 0 Å². The van der Waals surface area contributed by atoms with E-state index in [-0.39, 0.29) is 29.8 Å². The van der Waals surface area contributed by atoms with Gasteiger partial charge in [-0.05, 0) is 24.3 Å². The number of imide groups is 1. The van der Waals surface area contributed by atoms with E-state index in [4.69, 9.17) is 0 Å². The number of ketones is 1. The van der Waals surface area contributed by atoms with E-state index in [1.165, 1.54) is 10.9 Å². The van der Waals surface area contributed by atoms with Crippen LogP contribution < -0.4 is 5.56 Å². The van der Waals surface area contributed by atoms with E-state index >= 15 is 0 Å². The molecule has 0 radical (unpaired) electrons. The van der Waals surface area contributed by atoms with Crippen LogP contribution in [-0.4, -0.2) is 38.6 Å². The third kappa shape index (κ3) is 2.50. The molecule has 0 aliphatic carbocycles. The number of hydrogen-bond donors (Lipinski definition) is 0. The van der Waals surface area contributed by atoms with Crippen molar-refractivity contribution in [3.8, 4) is 0 Å². The molecule has 2 aromatic carbocycles. The number of benzene rings is 2. The Kier molecular flexibility index (Phi) is 3.69. The lowest BCUT2D eigenvalue weighted by atomic mass is 10.1. The fourth-order valence-electron chi connectivity index (χ4n) is 3.02. The SMILES string of the molecule is O=C(CN1C(=O)c2ccccc2C1=O)Cn1cnc2ccccc2c1=O. The Bertz CT molecular complexity index is 1100. The average Bonchev–Trinajstić information content (AvgIpc) is 2.89. The summed E-state index contributed by atoms with van der Waals surface area (Å²) in [7, 11) is 0. The van der Waals surface area contributed by atoms with Gasteiger partial charge in [-0.2, -0.15) is 0 Å². The number of para-hydroxylation sites is 1. The predicted molar refractivity (Wildman–Crippen MR) is 92.8 cm³/mol. The molecule has 0 bridgehead atoms. The maximum absolute atomic E-state index is 12.4. The summed E-state index contributed by atoms with van der Waals surface area (Å²) in [4.78, 5) is 54.5. The number of carbonyl (C=O) groups is 3. The molecule has 7 nitrogen and oxygen atoms in total. The predicted octanol–water partition coefficient (Wildman–Crippen LogP) is 1.26. The van der Waals surface area contributed by atoms with Crippen molar-refractivity contribution >= 4 is 28.5 Å². The minimum Gasteiger partial charge on any atom is -0.296 e. The summed E-state index contributed by atoms with van der Waals surface area (Å²) >= 11 is 0. The number of rotatable bonds is 4. The van der Waals surface area contributed by atoms with Crippen LogP contribution in [0.2, 0.25) is 0 Å². The Hall–Kier alpha value is -3.61. The molecular weight excluding hydrogens is 334 g/mol. The van der Waals surface area contributed by atoms with Gasteiger partial charge in [0.25, 0.3) is 17.4 Å². The molecule has 0 unspecified atom stereocenters. The Labute approximate surface area is 147 Å². The quantitative estimate of drug-likeness (QED) is 0.663. The lowest BCUT2D eigenvalue weighted by Crippen LogP contribution is -2.37. The summed E-state index contributed by atoms with van der Waals surface area (Å²) in [6, 6.07) is 13.3. The van der Waals surface area contributed by atoms with Gasteiger partial charge in [0.15, 0.2) is 5.78 Å². The molecule has 0 atom stereocenters. The summed E-state index contributed by atoms with van der Waals surface area (Å²) in [5.74, 6) is -1.43. The topological polar surface area (TPSA) is 89.3 Å². The first-order valence-electron chi connectivity index (χ1n) is 7.97. The zero-order valence-electron chi connectivity index (χ0n) is 13.6. The second-order valence-corrected chi connectivity index (χ2v) is 5.98. The highest BCUT2D eigenvalue weighted by molar-refractivity contribution is 6.22. The molecule has 1 aliphatic heterocycles. The van der Waals surface area contributed by atoms with E-state index in [2.05, 4.69) is 4.98 Å². The molecule has 2 heterocycles. The normalized spacial score (nSPS) is 13.3. The van der Waals surface area contributed by atoms with Crippen molar-refractivity contribution in [2.24, 2.45) is 0 Å². The lowest BCUT2D eigenvalue weighted by Gasteiger charge is -2.13. The fourth-order valence-corrected chi connectivity index (χ4v) is 3.02. The van der Waals surface area contributed by atoms with Crippen molar-refractivity contribution in [2.45, 2.75) is 6.54 Å². The standard InChI is InChI=1S/C19H13N3O4/c23-12(9-21-11-20-16-8-4-3-7-15(16)17(21)24)10-22-18(25)13-5-1-2-6-14(13)19(22)26/h1-8,11H,9-10H2. The molecule has 4 rings (SSSR count). The third-order valence-corrected chi connectivity index (χ3v) is 4.29. The largest absolute Gasteiger partial charge is 0.296 e. The van der Waals surface area contributed by atoms with Gasteiger partial charge < -0.3 is 0 Å². The molecule has 0 saturated carbocycles. The van der Waals surface area contributed by atoms with E-state index in [1.807, 2.05) is 0 Å². The molecule has 0 N–H and O–H groups in total. The first kappa shape index (κ1) is 15.9. The zero-order chi connectivity index (χ0) is 18.3. The molecule has 3 aromatic rings. The number of Topliss-reactive ketones (excluding diaryl/α,β-unsaturated/α-hetero) is 1. The Balaban J connectivity index is 1.56. The number of nitrogens with zero attached hydrogens (tertiary/aromatic N) is 3. The summed E-state index contributed by atoms with van der Waals surface area (Å²) < 4.78 is 1.18. The van der Waals surface area contributed by atoms with E-state index < -0.39 is 17.6 Å². The molecule has 1 aliphatic rings. The van der Waals surface area contributed by atoms with Crippen LogP contribution in [0.1, 0.15) is 20.7 Å². The van der Waals surface area contributed by atoms with Crippen molar-refractivity contribution in [2.75, 3.05) is 6.54 Å². The monoisotopic (exact) mass is 347 g/mol. The van der Waals surface area contributed by atoms with Crippen LogP contribution >= 0.6 is 0 Å². The molecule has 2 amide bonds. The van der Waals surface area contributed by atoms with E-state index in [1.54, 1.807) is 48.5 Å². The second kappa shape index (κ2) is 6.03. The van der Waals surface area contributed by atoms with Gasteiger partial charge in [-0.3, -0.25) is 28.6 Å². The molecule has 7 heteroatoms. The number of aromatic nitrogens is 2. The molecule has 26 heavy (non-hydrogen) atoms. The van der Waals surface area contributed by atoms with Crippen LogP contribution in [0.15, 0.2) is 59.7 Å². The minimum atomic E-state index is -0.497. The first-order chi connectivity index (χ1) is 12.6. The highest BCUT2D eigenvalue weighted by Gasteiger charge is 2.36. The van der Waals surface area contributed by atoms with E-state index in [9.17, 15) is 19.2 Å². The van der Waals surface area contributed by atoms with Crippen molar-refractivity contribution in [1.29, 1.82) is 0 Å². The van der Waals surface area contributed by atoms with Gasteiger partial charge in [0.05, 0.1) is 41.4 Å². The van der Waals surface area contributed by atoms with Gasteiger partial charge in [-0.1, -0.05) is 24.3 Å². The highest BCUT2D eigenvalue weighted by atomic mass is 16.2. The van der Waals surface area contributed by atoms with E-state index in [0.29, 0.717) is 10.9 Å². The number of hydrogen-bond acceptors (Lipinski definition) is 5. The van der Waals surface area contributed by atoms with Crippen LogP contribution in [0.5, 0.6) is 0 Å². The van der Waals surface area contributed by atoms with Gasteiger partial charge in [-0.15, -0.1) is 0 Å². The molecule has 0 saturated heterocycles. The summed E-state index contributed by atoms with van der Waals surface area (Å²) in [6.07, 6.45) is 1.30. The average molecular weight is 347 g/mol. The van der Waals surface area contributed by atoms with Gasteiger partial charge in [0.2, 0.25) is 0 Å². The number of amides is 2. The smallest absolute Gasteiger partial charge is 0.261 e. The summed E-state index contributed by atoms with van der Waals surface area (Å²) in [5.41, 5.74) is 0.775. The maximum atomic E-state index is 12.4. The van der Waals surface area contributed by atoms with Crippen molar-refractivity contribution < 1.29 is 14.4 Å². The van der Waals surface area contributed by atoms with Crippen LogP contribution in [0.25, 0.3) is 10.9 Å². The Morgan fingerprint density at radius 3 is 2.15 bits per heavy atom. The second-order valence-electron chi connectivity index (χ2n) is 5.98. The highest BCUT2D eigenvalue weighted by Crippen LogP contribution is 2.22. The van der Waals surface area contributed by atoms with Gasteiger partial charge in [0.1, 0.15) is 0 Å². The van der Waals surface area contributed by atoms with Crippen molar-refractivity contribution in [1.82, 2.24) is 14.5 Å². The summed E-state index contributed by atoms with van der Waals surface area (Å²) in [6.45, 7) is -0.643. The lowest BCUT2D eigenvalue weighted by molar-refractivity contribution is -0.120. The van der Waals surface area contributed by atoms with Crippen LogP contribution in [0.4, 0.5) is 0 Å². The number of carbonyl (C=O) groups excluding carboxylic acids is 3. The summed E-state index contributed by atoms with van der Waals surface area (Å²) in [5, 5.41) is 0.406. The first-order valence-corrected chi connectivity index (χ1v) is 7.97. The zero-order valence-corrected chi connectivity index (χ0v) is 13.6. The molecule has 1 aromatic heterocycles. The van der Waals surface area contributed by atoms with Crippen LogP contribution in [-0.2, 0) is 11.3 Å². The Morgan fingerprint density at radius 2 is 1.46 bits per heavy atom. The molecule has 0 fully saturated rings. The third-order valence-electron chi connectivity index (χ3n) is 4.29. The fraction of sp³-hybridized carbons (Fsp3) is 0.105. The van der Waals surface area contributed by atoms with Gasteiger partial charge in [-0.25, -0.2) is 4.98 Å². The molecule has 0 spiro atoms. The van der Waals surface area contributed by atoms with Gasteiger partial charge >= 0.3 is 0 Å². The van der Waals surface area contributed by atoms with Crippen molar-refractivity contribution in [3.63, 3.8) is 0 Å². The van der Waals surface area contributed by atoms with Crippen molar-refractivity contribution in [3.05, 3.63) is 76.3 Å². The molecular formula is C19H13N3O4. The van der Waals surface area contributed by atoms with Crippen LogP contribution in [0, 0.1) is 0 Å². The molecule has 128 valence electrons. The maximum Gasteiger partial charge on any atom is 0.261 e. The number of fused-ring (bicyclic) bond motifs is 2. The Morgan fingerprint density at radius 1 is 0.846 bits per heavy atom.